The Morgan fingerprint density at radius 3 is 2.74 bits per heavy atom. The van der Waals surface area contributed by atoms with Gasteiger partial charge in [0.25, 0.3) is 0 Å². The Balaban J connectivity index is 2.12. The van der Waals surface area contributed by atoms with E-state index in [0.717, 1.165) is 12.7 Å². The summed E-state index contributed by atoms with van der Waals surface area (Å²) in [5, 5.41) is 14.5. The molecule has 0 saturated carbocycles. The molecule has 2 N–H and O–H groups in total. The molecule has 2 aliphatic rings. The van der Waals surface area contributed by atoms with Crippen LogP contribution in [0.3, 0.4) is 0 Å². The van der Waals surface area contributed by atoms with E-state index >= 15 is 0 Å². The highest BCUT2D eigenvalue weighted by molar-refractivity contribution is 7.80. The summed E-state index contributed by atoms with van der Waals surface area (Å²) >= 11 is 5.03. The standard InChI is InChI=1S/C18H17N3O5S/c1-25-10-4-5-11-9(7-10)3-6-12(14(11)22)18(16(24)26-2)13(8-19)15(23)20-17(27)21-18/h4-5,7,12-13H,3,6H2,1-2H3,(H2,20,21,23,27)/t12-,13-,18+/m1/s1. The van der Waals surface area contributed by atoms with Crippen molar-refractivity contribution in [2.45, 2.75) is 18.4 Å². The molecule has 9 heteroatoms. The largest absolute Gasteiger partial charge is 0.497 e. The molecule has 1 aromatic carbocycles. The van der Waals surface area contributed by atoms with Gasteiger partial charge in [-0.25, -0.2) is 4.79 Å². The number of benzene rings is 1. The SMILES string of the molecule is COC(=O)[C@@]1([C@@H]2CCc3cc(OC)ccc3C2=O)NC(=S)NC(=O)[C@H]1C#N. The highest BCUT2D eigenvalue weighted by Gasteiger charge is 2.61. The maximum absolute atomic E-state index is 13.2. The maximum atomic E-state index is 13.2. The number of hydrogen-bond acceptors (Lipinski definition) is 7. The van der Waals surface area contributed by atoms with Crippen molar-refractivity contribution >= 4 is 35.0 Å². The molecule has 1 aromatic rings. The van der Waals surface area contributed by atoms with E-state index in [0.29, 0.717) is 17.7 Å². The van der Waals surface area contributed by atoms with Gasteiger partial charge in [0.05, 0.1) is 26.2 Å². The molecular weight excluding hydrogens is 370 g/mol. The zero-order chi connectivity index (χ0) is 19.8. The second-order valence-electron chi connectivity index (χ2n) is 6.34. The van der Waals surface area contributed by atoms with Crippen molar-refractivity contribution in [2.75, 3.05) is 14.2 Å². The Morgan fingerprint density at radius 2 is 2.11 bits per heavy atom. The Kier molecular flexibility index (Phi) is 4.85. The molecule has 1 aliphatic heterocycles. The van der Waals surface area contributed by atoms with E-state index in [-0.39, 0.29) is 17.3 Å². The fourth-order valence-electron chi connectivity index (χ4n) is 3.81. The lowest BCUT2D eigenvalue weighted by Crippen LogP contribution is -2.74. The van der Waals surface area contributed by atoms with Gasteiger partial charge in [-0.15, -0.1) is 0 Å². The minimum atomic E-state index is -1.88. The van der Waals surface area contributed by atoms with Crippen molar-refractivity contribution in [3.63, 3.8) is 0 Å². The summed E-state index contributed by atoms with van der Waals surface area (Å²) in [7, 11) is 2.67. The van der Waals surface area contributed by atoms with Crippen LogP contribution in [0.4, 0.5) is 0 Å². The molecule has 1 saturated heterocycles. The summed E-state index contributed by atoms with van der Waals surface area (Å²) < 4.78 is 10.1. The summed E-state index contributed by atoms with van der Waals surface area (Å²) in [6, 6.07) is 6.87. The van der Waals surface area contributed by atoms with Gasteiger partial charge in [0, 0.05) is 5.56 Å². The number of nitrogens with zero attached hydrogens (tertiary/aromatic N) is 1. The van der Waals surface area contributed by atoms with E-state index < -0.39 is 29.3 Å². The van der Waals surface area contributed by atoms with Crippen LogP contribution in [0.5, 0.6) is 5.75 Å². The maximum Gasteiger partial charge on any atom is 0.334 e. The molecule has 27 heavy (non-hydrogen) atoms. The molecule has 3 rings (SSSR count). The molecule has 0 unspecified atom stereocenters. The summed E-state index contributed by atoms with van der Waals surface area (Å²) in [4.78, 5) is 38.4. The first-order chi connectivity index (χ1) is 12.9. The van der Waals surface area contributed by atoms with E-state index in [4.69, 9.17) is 21.7 Å². The van der Waals surface area contributed by atoms with Crippen molar-refractivity contribution in [1.29, 1.82) is 5.26 Å². The highest BCUT2D eigenvalue weighted by Crippen LogP contribution is 2.40. The number of Topliss-reactive ketones (excluding diaryl/α,β-unsaturated/α-hetero) is 1. The second kappa shape index (κ2) is 6.96. The monoisotopic (exact) mass is 387 g/mol. The van der Waals surface area contributed by atoms with Crippen molar-refractivity contribution < 1.29 is 23.9 Å². The van der Waals surface area contributed by atoms with Crippen LogP contribution >= 0.6 is 12.2 Å². The van der Waals surface area contributed by atoms with Gasteiger partial charge in [0.1, 0.15) is 5.75 Å². The van der Waals surface area contributed by atoms with E-state index in [1.807, 2.05) is 6.07 Å². The average molecular weight is 387 g/mol. The summed E-state index contributed by atoms with van der Waals surface area (Å²) in [5.41, 5.74) is -0.671. The first kappa shape index (κ1) is 18.8. The molecule has 1 fully saturated rings. The third-order valence-electron chi connectivity index (χ3n) is 5.07. The summed E-state index contributed by atoms with van der Waals surface area (Å²) in [6.07, 6.45) is 0.713. The lowest BCUT2D eigenvalue weighted by atomic mass is 9.65. The van der Waals surface area contributed by atoms with Crippen LogP contribution in [-0.2, 0) is 20.7 Å². The Hall–Kier alpha value is -2.99. The van der Waals surface area contributed by atoms with E-state index in [2.05, 4.69) is 10.6 Å². The van der Waals surface area contributed by atoms with Crippen LogP contribution in [0.2, 0.25) is 0 Å². The lowest BCUT2D eigenvalue weighted by molar-refractivity contribution is -0.155. The third kappa shape index (κ3) is 2.82. The first-order valence-corrected chi connectivity index (χ1v) is 8.62. The van der Waals surface area contributed by atoms with E-state index in [1.165, 1.54) is 7.11 Å². The number of amides is 1. The third-order valence-corrected chi connectivity index (χ3v) is 5.28. The molecule has 0 bridgehead atoms. The normalized spacial score (nSPS) is 26.9. The quantitative estimate of drug-likeness (QED) is 0.569. The number of ketones is 1. The number of esters is 1. The number of ether oxygens (including phenoxy) is 2. The fraction of sp³-hybridized carbons (Fsp3) is 0.389. The number of fused-ring (bicyclic) bond motifs is 1. The Labute approximate surface area is 160 Å². The van der Waals surface area contributed by atoms with Crippen molar-refractivity contribution in [1.82, 2.24) is 10.6 Å². The van der Waals surface area contributed by atoms with Crippen LogP contribution < -0.4 is 15.4 Å². The minimum absolute atomic E-state index is 0.120. The molecule has 140 valence electrons. The summed E-state index contributed by atoms with van der Waals surface area (Å²) in [6.45, 7) is 0. The molecule has 3 atom stereocenters. The molecule has 8 nitrogen and oxygen atoms in total. The molecule has 0 radical (unpaired) electrons. The fourth-order valence-corrected chi connectivity index (χ4v) is 4.08. The predicted octanol–water partition coefficient (Wildman–Crippen LogP) is 0.496. The van der Waals surface area contributed by atoms with Gasteiger partial charge in [-0.3, -0.25) is 9.59 Å². The topological polar surface area (TPSA) is 118 Å². The van der Waals surface area contributed by atoms with E-state index in [1.54, 1.807) is 18.2 Å². The molecule has 1 amide bonds. The van der Waals surface area contributed by atoms with Gasteiger partial charge in [-0.2, -0.15) is 5.26 Å². The number of rotatable bonds is 3. The molecule has 0 aromatic heterocycles. The van der Waals surface area contributed by atoms with Crippen molar-refractivity contribution in [2.24, 2.45) is 11.8 Å². The van der Waals surface area contributed by atoms with Gasteiger partial charge in [-0.1, -0.05) is 0 Å². The second-order valence-corrected chi connectivity index (χ2v) is 6.75. The number of carbonyl (C=O) groups is 3. The zero-order valence-corrected chi connectivity index (χ0v) is 15.5. The smallest absolute Gasteiger partial charge is 0.334 e. The number of methoxy groups -OCH3 is 2. The number of thiocarbonyl (C=S) groups is 1. The van der Waals surface area contributed by atoms with Gasteiger partial charge in [0.2, 0.25) is 5.91 Å². The minimum Gasteiger partial charge on any atom is -0.497 e. The number of nitriles is 1. The predicted molar refractivity (Wildman–Crippen MR) is 96.9 cm³/mol. The van der Waals surface area contributed by atoms with Crippen molar-refractivity contribution in [3.8, 4) is 11.8 Å². The Morgan fingerprint density at radius 1 is 1.37 bits per heavy atom. The van der Waals surface area contributed by atoms with Crippen LogP contribution in [0.15, 0.2) is 18.2 Å². The van der Waals surface area contributed by atoms with Crippen LogP contribution in [-0.4, -0.2) is 42.5 Å². The van der Waals surface area contributed by atoms with Crippen molar-refractivity contribution in [3.05, 3.63) is 29.3 Å². The zero-order valence-electron chi connectivity index (χ0n) is 14.7. The van der Waals surface area contributed by atoms with Crippen LogP contribution in [0, 0.1) is 23.2 Å². The number of nitrogens with one attached hydrogen (secondary N) is 2. The van der Waals surface area contributed by atoms with Gasteiger partial charge in [0.15, 0.2) is 22.4 Å². The number of aryl methyl sites for hydroxylation is 1. The van der Waals surface area contributed by atoms with Gasteiger partial charge in [-0.05, 0) is 48.8 Å². The van der Waals surface area contributed by atoms with Gasteiger partial charge >= 0.3 is 5.97 Å². The highest BCUT2D eigenvalue weighted by atomic mass is 32.1. The first-order valence-electron chi connectivity index (χ1n) is 8.21. The molecular formula is C18H17N3O5S. The molecule has 1 heterocycles. The molecule has 0 spiro atoms. The average Bonchev–Trinajstić information content (AvgIpc) is 2.66. The van der Waals surface area contributed by atoms with E-state index in [9.17, 15) is 19.6 Å². The summed E-state index contributed by atoms with van der Waals surface area (Å²) in [5.74, 6) is -3.80. The Bertz CT molecular complexity index is 893. The van der Waals surface area contributed by atoms with Crippen LogP contribution in [0.25, 0.3) is 0 Å². The lowest BCUT2D eigenvalue weighted by Gasteiger charge is -2.45. The molecule has 1 aliphatic carbocycles. The number of carbonyl (C=O) groups excluding carboxylic acids is 3. The van der Waals surface area contributed by atoms with Gasteiger partial charge < -0.3 is 20.1 Å². The van der Waals surface area contributed by atoms with Crippen LogP contribution in [0.1, 0.15) is 22.3 Å². The number of hydrogen-bond donors (Lipinski definition) is 2.